The highest BCUT2D eigenvalue weighted by Gasteiger charge is 2.15. The molecule has 0 aromatic rings. The second kappa shape index (κ2) is 12.5. The van der Waals surface area contributed by atoms with E-state index in [1.165, 1.54) is 45.3 Å². The number of rotatable bonds is 10. The molecule has 0 amide bonds. The highest BCUT2D eigenvalue weighted by Crippen LogP contribution is 2.16. The molecule has 0 radical (unpaired) electrons. The van der Waals surface area contributed by atoms with Crippen LogP contribution in [0.15, 0.2) is 4.99 Å². The van der Waals surface area contributed by atoms with Gasteiger partial charge in [0.15, 0.2) is 5.96 Å². The zero-order chi connectivity index (χ0) is 18.7. The minimum Gasteiger partial charge on any atom is -0.356 e. The normalized spacial score (nSPS) is 17.7. The van der Waals surface area contributed by atoms with Crippen molar-refractivity contribution >= 4 is 5.96 Å². The number of likely N-dealkylation sites (tertiary alicyclic amines) is 1. The van der Waals surface area contributed by atoms with E-state index in [1.807, 2.05) is 7.05 Å². The van der Waals surface area contributed by atoms with E-state index in [2.05, 4.69) is 60.0 Å². The van der Waals surface area contributed by atoms with Crippen LogP contribution in [0, 0.1) is 5.92 Å². The first-order valence-electron chi connectivity index (χ1n) is 10.4. The second-order valence-corrected chi connectivity index (χ2v) is 8.08. The molecule has 1 aliphatic heterocycles. The van der Waals surface area contributed by atoms with Gasteiger partial charge in [0.05, 0.1) is 0 Å². The lowest BCUT2D eigenvalue weighted by Gasteiger charge is -2.30. The maximum atomic E-state index is 4.34. The molecule has 2 N–H and O–H groups in total. The predicted octanol–water partition coefficient (Wildman–Crippen LogP) is 2.78. The van der Waals surface area contributed by atoms with Gasteiger partial charge in [-0.25, -0.2) is 0 Å². The first-order valence-corrected chi connectivity index (χ1v) is 10.4. The molecule has 0 atom stereocenters. The van der Waals surface area contributed by atoms with Crippen LogP contribution in [0.25, 0.3) is 0 Å². The summed E-state index contributed by atoms with van der Waals surface area (Å²) < 4.78 is 0. The van der Waals surface area contributed by atoms with Crippen molar-refractivity contribution in [3.05, 3.63) is 0 Å². The smallest absolute Gasteiger partial charge is 0.191 e. The summed E-state index contributed by atoms with van der Waals surface area (Å²) in [6.07, 6.45) is 5.22. The molecule has 1 rings (SSSR count). The van der Waals surface area contributed by atoms with Crippen LogP contribution in [0.5, 0.6) is 0 Å². The van der Waals surface area contributed by atoms with E-state index in [0.29, 0.717) is 12.1 Å². The van der Waals surface area contributed by atoms with Crippen molar-refractivity contribution in [1.29, 1.82) is 0 Å². The lowest BCUT2D eigenvalue weighted by molar-refractivity contribution is 0.178. The molecule has 1 aliphatic rings. The molecule has 148 valence electrons. The number of hydrogen-bond acceptors (Lipinski definition) is 3. The van der Waals surface area contributed by atoms with Gasteiger partial charge in [0.25, 0.3) is 0 Å². The predicted molar refractivity (Wildman–Crippen MR) is 110 cm³/mol. The van der Waals surface area contributed by atoms with Crippen molar-refractivity contribution in [3.63, 3.8) is 0 Å². The molecular weight excluding hydrogens is 310 g/mol. The second-order valence-electron chi connectivity index (χ2n) is 8.08. The fourth-order valence-electron chi connectivity index (χ4n) is 3.59. The van der Waals surface area contributed by atoms with E-state index in [4.69, 9.17) is 0 Å². The molecule has 1 saturated heterocycles. The molecule has 5 nitrogen and oxygen atoms in total. The summed E-state index contributed by atoms with van der Waals surface area (Å²) in [7, 11) is 1.85. The van der Waals surface area contributed by atoms with Crippen LogP contribution in [-0.4, -0.2) is 74.2 Å². The Morgan fingerprint density at radius 2 is 1.64 bits per heavy atom. The van der Waals surface area contributed by atoms with Crippen molar-refractivity contribution in [2.24, 2.45) is 10.9 Å². The first-order chi connectivity index (χ1) is 11.9. The maximum Gasteiger partial charge on any atom is 0.191 e. The van der Waals surface area contributed by atoms with Crippen molar-refractivity contribution < 1.29 is 0 Å². The largest absolute Gasteiger partial charge is 0.356 e. The lowest BCUT2D eigenvalue weighted by atomic mass is 9.99. The quantitative estimate of drug-likeness (QED) is 0.360. The summed E-state index contributed by atoms with van der Waals surface area (Å²) in [6, 6.07) is 1.16. The third-order valence-corrected chi connectivity index (χ3v) is 5.28. The molecule has 25 heavy (non-hydrogen) atoms. The van der Waals surface area contributed by atoms with E-state index < -0.39 is 0 Å². The number of unbranched alkanes of at least 4 members (excludes halogenated alkanes) is 1. The summed E-state index contributed by atoms with van der Waals surface area (Å²) in [6.45, 7) is 18.2. The Morgan fingerprint density at radius 1 is 1.04 bits per heavy atom. The monoisotopic (exact) mass is 353 g/mol. The van der Waals surface area contributed by atoms with Gasteiger partial charge in [-0.15, -0.1) is 0 Å². The topological polar surface area (TPSA) is 42.9 Å². The Hall–Kier alpha value is -0.810. The van der Waals surface area contributed by atoms with Crippen molar-refractivity contribution in [2.75, 3.05) is 46.3 Å². The summed E-state index contributed by atoms with van der Waals surface area (Å²) in [4.78, 5) is 9.46. The van der Waals surface area contributed by atoms with E-state index in [0.717, 1.165) is 31.5 Å². The summed E-state index contributed by atoms with van der Waals surface area (Å²) in [5.41, 5.74) is 0. The van der Waals surface area contributed by atoms with E-state index in [-0.39, 0.29) is 0 Å². The van der Waals surface area contributed by atoms with Gasteiger partial charge >= 0.3 is 0 Å². The van der Waals surface area contributed by atoms with Gasteiger partial charge in [-0.2, -0.15) is 0 Å². The zero-order valence-corrected chi connectivity index (χ0v) is 17.6. The third-order valence-electron chi connectivity index (χ3n) is 5.28. The van der Waals surface area contributed by atoms with E-state index >= 15 is 0 Å². The Kier molecular flexibility index (Phi) is 11.1. The molecule has 5 heteroatoms. The lowest BCUT2D eigenvalue weighted by Crippen LogP contribution is -2.45. The Bertz CT molecular complexity index is 351. The first kappa shape index (κ1) is 22.2. The average Bonchev–Trinajstić information content (AvgIpc) is 2.57. The maximum absolute atomic E-state index is 4.34. The Balaban J connectivity index is 2.10. The highest BCUT2D eigenvalue weighted by molar-refractivity contribution is 5.79. The standard InChI is InChI=1S/C20H43N5/c1-17(2)25(18(3)4)16-12-23-20(21-6)22-11-7-8-13-24-14-9-19(5)10-15-24/h17-19H,7-16H2,1-6H3,(H2,21,22,23). The molecule has 0 spiro atoms. The molecule has 0 unspecified atom stereocenters. The fraction of sp³-hybridized carbons (Fsp3) is 0.950. The van der Waals surface area contributed by atoms with Crippen LogP contribution in [0.4, 0.5) is 0 Å². The molecule has 0 bridgehead atoms. The molecule has 0 saturated carbocycles. The molecule has 1 fully saturated rings. The van der Waals surface area contributed by atoms with Crippen LogP contribution in [0.2, 0.25) is 0 Å². The summed E-state index contributed by atoms with van der Waals surface area (Å²) >= 11 is 0. The molecule has 1 heterocycles. The van der Waals surface area contributed by atoms with Gasteiger partial charge in [-0.3, -0.25) is 9.89 Å². The molecular formula is C20H43N5. The Labute approximate surface area is 156 Å². The van der Waals surface area contributed by atoms with Crippen LogP contribution < -0.4 is 10.6 Å². The van der Waals surface area contributed by atoms with Crippen LogP contribution in [0.3, 0.4) is 0 Å². The molecule has 0 aromatic carbocycles. The molecule has 0 aliphatic carbocycles. The van der Waals surface area contributed by atoms with Gasteiger partial charge in [0.2, 0.25) is 0 Å². The summed E-state index contributed by atoms with van der Waals surface area (Å²) in [5.74, 6) is 1.86. The third kappa shape index (κ3) is 9.45. The minimum absolute atomic E-state index is 0.578. The van der Waals surface area contributed by atoms with E-state index in [9.17, 15) is 0 Å². The highest BCUT2D eigenvalue weighted by atomic mass is 15.2. The number of piperidine rings is 1. The van der Waals surface area contributed by atoms with Crippen LogP contribution in [-0.2, 0) is 0 Å². The van der Waals surface area contributed by atoms with E-state index in [1.54, 1.807) is 0 Å². The molecule has 0 aromatic heterocycles. The van der Waals surface area contributed by atoms with Crippen molar-refractivity contribution in [3.8, 4) is 0 Å². The van der Waals surface area contributed by atoms with Gasteiger partial charge in [0, 0.05) is 38.8 Å². The fourth-order valence-corrected chi connectivity index (χ4v) is 3.59. The van der Waals surface area contributed by atoms with Gasteiger partial charge in [0.1, 0.15) is 0 Å². The number of nitrogens with zero attached hydrogens (tertiary/aromatic N) is 3. The van der Waals surface area contributed by atoms with Gasteiger partial charge in [-0.1, -0.05) is 6.92 Å². The van der Waals surface area contributed by atoms with Crippen LogP contribution >= 0.6 is 0 Å². The van der Waals surface area contributed by atoms with Gasteiger partial charge < -0.3 is 15.5 Å². The minimum atomic E-state index is 0.578. The zero-order valence-electron chi connectivity index (χ0n) is 17.6. The van der Waals surface area contributed by atoms with Crippen molar-refractivity contribution in [1.82, 2.24) is 20.4 Å². The number of hydrogen-bond donors (Lipinski definition) is 2. The number of guanidine groups is 1. The average molecular weight is 354 g/mol. The SMILES string of the molecule is CN=C(NCCCCN1CCC(C)CC1)NCCN(C(C)C)C(C)C. The Morgan fingerprint density at radius 3 is 2.20 bits per heavy atom. The number of nitrogens with one attached hydrogen (secondary N) is 2. The number of aliphatic imine (C=N–C) groups is 1. The van der Waals surface area contributed by atoms with Crippen molar-refractivity contribution in [2.45, 2.75) is 72.4 Å². The summed E-state index contributed by atoms with van der Waals surface area (Å²) in [5, 5.41) is 6.89. The van der Waals surface area contributed by atoms with Crippen LogP contribution in [0.1, 0.15) is 60.3 Å². The van der Waals surface area contributed by atoms with Gasteiger partial charge in [-0.05, 0) is 78.9 Å².